The van der Waals surface area contributed by atoms with E-state index in [9.17, 15) is 9.18 Å². The molecular weight excluding hydrogens is 271 g/mol. The summed E-state index contributed by atoms with van der Waals surface area (Å²) in [6.45, 7) is 2.22. The molecule has 21 heavy (non-hydrogen) atoms. The van der Waals surface area contributed by atoms with Crippen LogP contribution >= 0.6 is 0 Å². The average Bonchev–Trinajstić information content (AvgIpc) is 2.50. The molecule has 0 amide bonds. The van der Waals surface area contributed by atoms with Crippen molar-refractivity contribution in [3.63, 3.8) is 0 Å². The molecule has 0 spiro atoms. The highest BCUT2D eigenvalue weighted by atomic mass is 19.1. The predicted octanol–water partition coefficient (Wildman–Crippen LogP) is 3.89. The Morgan fingerprint density at radius 2 is 2.00 bits per heavy atom. The number of benzene rings is 1. The van der Waals surface area contributed by atoms with E-state index in [4.69, 9.17) is 9.47 Å². The van der Waals surface area contributed by atoms with Crippen molar-refractivity contribution >= 4 is 5.97 Å². The number of rotatable bonds is 5. The quantitative estimate of drug-likeness (QED) is 0.773. The van der Waals surface area contributed by atoms with Gasteiger partial charge >= 0.3 is 5.97 Å². The topological polar surface area (TPSA) is 35.5 Å². The van der Waals surface area contributed by atoms with Gasteiger partial charge in [0, 0.05) is 0 Å². The molecule has 0 bridgehead atoms. The molecule has 1 aromatic carbocycles. The Balaban J connectivity index is 2.24. The summed E-state index contributed by atoms with van der Waals surface area (Å²) in [5.41, 5.74) is 0.458. The standard InChI is InChI=1S/C17H23FO3/c1-3-21-16(19)17(9-5-4-6-10-17)12-13-7-8-14(18)15(11-13)20-2/h7-8,11H,3-6,9-10,12H2,1-2H3. The first-order valence-corrected chi connectivity index (χ1v) is 7.61. The first kappa shape index (κ1) is 15.8. The Morgan fingerprint density at radius 3 is 2.62 bits per heavy atom. The second-order valence-electron chi connectivity index (χ2n) is 5.71. The molecule has 4 heteroatoms. The van der Waals surface area contributed by atoms with Crippen LogP contribution in [0.25, 0.3) is 0 Å². The van der Waals surface area contributed by atoms with Crippen LogP contribution in [0.4, 0.5) is 4.39 Å². The van der Waals surface area contributed by atoms with Crippen molar-refractivity contribution in [1.82, 2.24) is 0 Å². The largest absolute Gasteiger partial charge is 0.494 e. The zero-order valence-electron chi connectivity index (χ0n) is 12.8. The van der Waals surface area contributed by atoms with Gasteiger partial charge in [0.05, 0.1) is 19.1 Å². The predicted molar refractivity (Wildman–Crippen MR) is 78.8 cm³/mol. The molecule has 0 aliphatic heterocycles. The molecule has 1 aromatic rings. The number of halogens is 1. The molecule has 1 fully saturated rings. The summed E-state index contributed by atoms with van der Waals surface area (Å²) < 4.78 is 23.8. The molecule has 1 aliphatic carbocycles. The number of methoxy groups -OCH3 is 1. The normalized spacial score (nSPS) is 17.3. The molecule has 1 aliphatic rings. The summed E-state index contributed by atoms with van der Waals surface area (Å²) in [7, 11) is 1.45. The molecule has 0 N–H and O–H groups in total. The Kier molecular flexibility index (Phi) is 5.21. The molecule has 0 aromatic heterocycles. The van der Waals surface area contributed by atoms with E-state index in [1.165, 1.54) is 13.2 Å². The van der Waals surface area contributed by atoms with Crippen molar-refractivity contribution in [3.05, 3.63) is 29.6 Å². The minimum atomic E-state index is -0.461. The number of hydrogen-bond donors (Lipinski definition) is 0. The average molecular weight is 294 g/mol. The highest BCUT2D eigenvalue weighted by Crippen LogP contribution is 2.41. The molecule has 1 saturated carbocycles. The van der Waals surface area contributed by atoms with Crippen LogP contribution in [0, 0.1) is 11.2 Å². The lowest BCUT2D eigenvalue weighted by Crippen LogP contribution is -2.37. The van der Waals surface area contributed by atoms with Crippen LogP contribution in [0.2, 0.25) is 0 Å². The van der Waals surface area contributed by atoms with Crippen LogP contribution in [0.5, 0.6) is 5.75 Å². The lowest BCUT2D eigenvalue weighted by atomic mass is 9.70. The Labute approximate surface area is 125 Å². The minimum absolute atomic E-state index is 0.118. The van der Waals surface area contributed by atoms with Gasteiger partial charge in [-0.15, -0.1) is 0 Å². The summed E-state index contributed by atoms with van der Waals surface area (Å²) in [5.74, 6) is -0.273. The third kappa shape index (κ3) is 3.55. The van der Waals surface area contributed by atoms with E-state index < -0.39 is 5.41 Å². The fraction of sp³-hybridized carbons (Fsp3) is 0.588. The van der Waals surface area contributed by atoms with Crippen LogP contribution in [-0.4, -0.2) is 19.7 Å². The lowest BCUT2D eigenvalue weighted by Gasteiger charge is -2.35. The first-order valence-electron chi connectivity index (χ1n) is 7.61. The molecule has 3 nitrogen and oxygen atoms in total. The number of carbonyl (C=O) groups is 1. The van der Waals surface area contributed by atoms with E-state index in [1.54, 1.807) is 12.1 Å². The van der Waals surface area contributed by atoms with Gasteiger partial charge < -0.3 is 9.47 Å². The smallest absolute Gasteiger partial charge is 0.312 e. The summed E-state index contributed by atoms with van der Waals surface area (Å²) in [5, 5.41) is 0. The summed E-state index contributed by atoms with van der Waals surface area (Å²) in [4.78, 5) is 12.4. The maximum Gasteiger partial charge on any atom is 0.312 e. The Hall–Kier alpha value is -1.58. The highest BCUT2D eigenvalue weighted by molar-refractivity contribution is 5.77. The summed E-state index contributed by atoms with van der Waals surface area (Å²) in [6.07, 6.45) is 5.50. The number of esters is 1. The zero-order chi connectivity index (χ0) is 15.3. The van der Waals surface area contributed by atoms with E-state index in [1.807, 2.05) is 6.92 Å². The van der Waals surface area contributed by atoms with Gasteiger partial charge in [0.2, 0.25) is 0 Å². The number of hydrogen-bond acceptors (Lipinski definition) is 3. The Bertz CT molecular complexity index is 493. The van der Waals surface area contributed by atoms with Crippen LogP contribution < -0.4 is 4.74 Å². The molecule has 0 atom stereocenters. The van der Waals surface area contributed by atoms with Gasteiger partial charge in [0.15, 0.2) is 11.6 Å². The van der Waals surface area contributed by atoms with Gasteiger partial charge in [-0.2, -0.15) is 0 Å². The molecule has 0 unspecified atom stereocenters. The molecule has 2 rings (SSSR count). The van der Waals surface area contributed by atoms with Crippen molar-refractivity contribution in [2.24, 2.45) is 5.41 Å². The van der Waals surface area contributed by atoms with Gasteiger partial charge in [0.25, 0.3) is 0 Å². The minimum Gasteiger partial charge on any atom is -0.494 e. The lowest BCUT2D eigenvalue weighted by molar-refractivity contribution is -0.157. The van der Waals surface area contributed by atoms with Gasteiger partial charge in [-0.3, -0.25) is 4.79 Å². The van der Waals surface area contributed by atoms with Gasteiger partial charge in [-0.1, -0.05) is 25.3 Å². The van der Waals surface area contributed by atoms with Crippen LogP contribution in [-0.2, 0) is 16.0 Å². The monoisotopic (exact) mass is 294 g/mol. The maximum atomic E-state index is 13.5. The second kappa shape index (κ2) is 6.92. The van der Waals surface area contributed by atoms with Crippen LogP contribution in [0.3, 0.4) is 0 Å². The second-order valence-corrected chi connectivity index (χ2v) is 5.71. The third-order valence-electron chi connectivity index (χ3n) is 4.28. The number of ether oxygens (including phenoxy) is 2. The first-order chi connectivity index (χ1) is 10.1. The molecule has 0 radical (unpaired) electrons. The summed E-state index contributed by atoms with van der Waals surface area (Å²) in [6, 6.07) is 4.81. The van der Waals surface area contributed by atoms with E-state index in [2.05, 4.69) is 0 Å². The van der Waals surface area contributed by atoms with E-state index in [0.717, 1.165) is 37.7 Å². The van der Waals surface area contributed by atoms with Gasteiger partial charge in [-0.05, 0) is 43.9 Å². The van der Waals surface area contributed by atoms with Crippen LogP contribution in [0.1, 0.15) is 44.6 Å². The summed E-state index contributed by atoms with van der Waals surface area (Å²) >= 11 is 0. The Morgan fingerprint density at radius 1 is 1.29 bits per heavy atom. The van der Waals surface area contributed by atoms with Crippen molar-refractivity contribution < 1.29 is 18.7 Å². The third-order valence-corrected chi connectivity index (χ3v) is 4.28. The fourth-order valence-electron chi connectivity index (χ4n) is 3.17. The molecular formula is C17H23FO3. The molecule has 116 valence electrons. The SMILES string of the molecule is CCOC(=O)C1(Cc2ccc(F)c(OC)c2)CCCCC1. The molecule has 0 saturated heterocycles. The van der Waals surface area contributed by atoms with E-state index in [-0.39, 0.29) is 17.5 Å². The van der Waals surface area contributed by atoms with E-state index in [0.29, 0.717) is 13.0 Å². The van der Waals surface area contributed by atoms with Crippen molar-refractivity contribution in [3.8, 4) is 5.75 Å². The van der Waals surface area contributed by atoms with Gasteiger partial charge in [0.1, 0.15) is 0 Å². The van der Waals surface area contributed by atoms with Crippen molar-refractivity contribution in [2.45, 2.75) is 45.4 Å². The van der Waals surface area contributed by atoms with Crippen molar-refractivity contribution in [1.29, 1.82) is 0 Å². The van der Waals surface area contributed by atoms with Crippen molar-refractivity contribution in [2.75, 3.05) is 13.7 Å². The van der Waals surface area contributed by atoms with Crippen LogP contribution in [0.15, 0.2) is 18.2 Å². The molecule has 0 heterocycles. The fourth-order valence-corrected chi connectivity index (χ4v) is 3.17. The van der Waals surface area contributed by atoms with Gasteiger partial charge in [-0.25, -0.2) is 4.39 Å². The highest BCUT2D eigenvalue weighted by Gasteiger charge is 2.40. The number of carbonyl (C=O) groups excluding carboxylic acids is 1. The maximum absolute atomic E-state index is 13.5. The zero-order valence-corrected chi connectivity index (χ0v) is 12.8. The van der Waals surface area contributed by atoms with E-state index >= 15 is 0 Å².